The van der Waals surface area contributed by atoms with Gasteiger partial charge >= 0.3 is 5.97 Å². The first-order chi connectivity index (χ1) is 9.41. The van der Waals surface area contributed by atoms with Crippen molar-refractivity contribution in [2.75, 3.05) is 5.32 Å². The Morgan fingerprint density at radius 1 is 1.29 bits per heavy atom. The number of carboxylic acid groups (broad SMARTS) is 1. The maximum atomic E-state index is 11.3. The van der Waals surface area contributed by atoms with Crippen molar-refractivity contribution in [2.24, 2.45) is 5.41 Å². The summed E-state index contributed by atoms with van der Waals surface area (Å²) in [5.74, 6) is -1.19. The highest BCUT2D eigenvalue weighted by atomic mass is 16.6. The lowest BCUT2D eigenvalue weighted by atomic mass is 9.81. The third-order valence-electron chi connectivity index (χ3n) is 2.89. The third kappa shape index (κ3) is 5.06. The van der Waals surface area contributed by atoms with Gasteiger partial charge in [-0.05, 0) is 31.7 Å². The molecule has 21 heavy (non-hydrogen) atoms. The van der Waals surface area contributed by atoms with E-state index in [0.717, 1.165) is 12.5 Å². The fourth-order valence-electron chi connectivity index (χ4n) is 2.67. The lowest BCUT2D eigenvalue weighted by molar-refractivity contribution is -0.384. The fraction of sp³-hybridized carbons (Fsp3) is 0.533. The van der Waals surface area contributed by atoms with E-state index >= 15 is 0 Å². The Kier molecular flexibility index (Phi) is 4.61. The minimum Gasteiger partial charge on any atom is -0.478 e. The van der Waals surface area contributed by atoms with Crippen LogP contribution in [0.3, 0.4) is 0 Å². The van der Waals surface area contributed by atoms with E-state index in [4.69, 9.17) is 0 Å². The van der Waals surface area contributed by atoms with Gasteiger partial charge in [0.25, 0.3) is 5.69 Å². The van der Waals surface area contributed by atoms with E-state index in [9.17, 15) is 20.0 Å². The summed E-state index contributed by atoms with van der Waals surface area (Å²) in [6, 6.07) is 3.84. The molecule has 0 unspecified atom stereocenters. The van der Waals surface area contributed by atoms with E-state index in [1.54, 1.807) is 0 Å². The fourth-order valence-corrected chi connectivity index (χ4v) is 2.67. The number of anilines is 1. The predicted molar refractivity (Wildman–Crippen MR) is 81.8 cm³/mol. The number of nitrogens with zero attached hydrogens (tertiary/aromatic N) is 1. The smallest absolute Gasteiger partial charge is 0.338 e. The normalized spacial score (nSPS) is 12.0. The number of nitro groups is 1. The lowest BCUT2D eigenvalue weighted by Crippen LogP contribution is -2.36. The molecule has 0 aliphatic rings. The van der Waals surface area contributed by atoms with Gasteiger partial charge in [-0.25, -0.2) is 4.79 Å². The summed E-state index contributed by atoms with van der Waals surface area (Å²) < 4.78 is 0. The van der Waals surface area contributed by atoms with Gasteiger partial charge < -0.3 is 10.4 Å². The van der Waals surface area contributed by atoms with Crippen molar-refractivity contribution in [1.29, 1.82) is 0 Å². The van der Waals surface area contributed by atoms with Crippen LogP contribution in [0, 0.1) is 15.5 Å². The average Bonchev–Trinajstić information content (AvgIpc) is 2.24. The average molecular weight is 294 g/mol. The van der Waals surface area contributed by atoms with Crippen molar-refractivity contribution in [3.63, 3.8) is 0 Å². The van der Waals surface area contributed by atoms with Crippen LogP contribution in [0.5, 0.6) is 0 Å². The van der Waals surface area contributed by atoms with Crippen molar-refractivity contribution in [1.82, 2.24) is 0 Å². The molecule has 0 aromatic heterocycles. The Bertz CT molecular complexity index is 559. The summed E-state index contributed by atoms with van der Waals surface area (Å²) in [7, 11) is 0. The van der Waals surface area contributed by atoms with Gasteiger partial charge in [0.15, 0.2) is 0 Å². The van der Waals surface area contributed by atoms with Crippen LogP contribution in [0.1, 0.15) is 51.4 Å². The molecule has 0 radical (unpaired) electrons. The largest absolute Gasteiger partial charge is 0.478 e. The second-order valence-electron chi connectivity index (χ2n) is 7.04. The second kappa shape index (κ2) is 5.71. The highest BCUT2D eigenvalue weighted by molar-refractivity contribution is 5.95. The van der Waals surface area contributed by atoms with Crippen molar-refractivity contribution in [2.45, 2.75) is 46.6 Å². The predicted octanol–water partition coefficient (Wildman–Crippen LogP) is 3.92. The van der Waals surface area contributed by atoms with Gasteiger partial charge in [0.2, 0.25) is 0 Å². The molecule has 0 fully saturated rings. The van der Waals surface area contributed by atoms with Crippen molar-refractivity contribution < 1.29 is 14.8 Å². The highest BCUT2D eigenvalue weighted by Crippen LogP contribution is 2.31. The third-order valence-corrected chi connectivity index (χ3v) is 2.89. The van der Waals surface area contributed by atoms with Crippen LogP contribution in [0.2, 0.25) is 0 Å². The Morgan fingerprint density at radius 3 is 2.29 bits per heavy atom. The van der Waals surface area contributed by atoms with E-state index in [0.29, 0.717) is 5.69 Å². The molecule has 2 N–H and O–H groups in total. The number of hydrogen-bond donors (Lipinski definition) is 2. The van der Waals surface area contributed by atoms with Gasteiger partial charge in [-0.1, -0.05) is 20.8 Å². The Hall–Kier alpha value is -2.11. The monoisotopic (exact) mass is 294 g/mol. The first-order valence-corrected chi connectivity index (χ1v) is 6.71. The Balaban J connectivity index is 3.13. The molecule has 1 aromatic rings. The molecule has 0 spiro atoms. The van der Waals surface area contributed by atoms with Crippen LogP contribution >= 0.6 is 0 Å². The minimum atomic E-state index is -1.19. The quantitative estimate of drug-likeness (QED) is 0.634. The van der Waals surface area contributed by atoms with Crippen molar-refractivity contribution >= 4 is 17.3 Å². The number of benzene rings is 1. The van der Waals surface area contributed by atoms with E-state index in [1.165, 1.54) is 12.1 Å². The van der Waals surface area contributed by atoms with Crippen LogP contribution in [-0.2, 0) is 0 Å². The molecule has 1 rings (SSSR count). The molecule has 0 amide bonds. The van der Waals surface area contributed by atoms with Crippen molar-refractivity contribution in [3.05, 3.63) is 33.9 Å². The summed E-state index contributed by atoms with van der Waals surface area (Å²) in [5.41, 5.74) is -0.195. The van der Waals surface area contributed by atoms with E-state index in [2.05, 4.69) is 26.1 Å². The van der Waals surface area contributed by atoms with Gasteiger partial charge in [0.05, 0.1) is 10.5 Å². The van der Waals surface area contributed by atoms with Crippen molar-refractivity contribution in [3.8, 4) is 0 Å². The summed E-state index contributed by atoms with van der Waals surface area (Å²) >= 11 is 0. The molecule has 6 nitrogen and oxygen atoms in total. The second-order valence-corrected chi connectivity index (χ2v) is 7.04. The molecular weight excluding hydrogens is 272 g/mol. The van der Waals surface area contributed by atoms with Crippen LogP contribution < -0.4 is 5.32 Å². The zero-order valence-electron chi connectivity index (χ0n) is 13.1. The van der Waals surface area contributed by atoms with E-state index in [-0.39, 0.29) is 22.2 Å². The maximum Gasteiger partial charge on any atom is 0.338 e. The molecule has 0 heterocycles. The Labute approximate surface area is 124 Å². The lowest BCUT2D eigenvalue weighted by Gasteiger charge is -2.34. The van der Waals surface area contributed by atoms with Gasteiger partial charge in [0.1, 0.15) is 0 Å². The first kappa shape index (κ1) is 16.9. The highest BCUT2D eigenvalue weighted by Gasteiger charge is 2.27. The SMILES string of the molecule is CC(C)(C)CC(C)(C)Nc1ccc([N+](=O)[O-])cc1C(=O)O. The number of non-ortho nitro benzene ring substituents is 1. The van der Waals surface area contributed by atoms with Gasteiger partial charge in [-0.15, -0.1) is 0 Å². The topological polar surface area (TPSA) is 92.5 Å². The minimum absolute atomic E-state index is 0.0701. The molecule has 0 bridgehead atoms. The summed E-state index contributed by atoms with van der Waals surface area (Å²) in [4.78, 5) is 21.5. The molecule has 0 aliphatic heterocycles. The number of hydrogen-bond acceptors (Lipinski definition) is 4. The number of carboxylic acids is 1. The van der Waals surface area contributed by atoms with Gasteiger partial charge in [-0.3, -0.25) is 10.1 Å². The molecule has 0 aliphatic carbocycles. The first-order valence-electron chi connectivity index (χ1n) is 6.71. The molecule has 0 saturated carbocycles. The maximum absolute atomic E-state index is 11.3. The molecule has 0 saturated heterocycles. The molecule has 0 atom stereocenters. The van der Waals surface area contributed by atoms with Gasteiger partial charge in [-0.2, -0.15) is 0 Å². The number of rotatable bonds is 5. The van der Waals surface area contributed by atoms with Crippen LogP contribution in [0.15, 0.2) is 18.2 Å². The van der Waals surface area contributed by atoms with Crippen LogP contribution in [0.4, 0.5) is 11.4 Å². The van der Waals surface area contributed by atoms with Crippen LogP contribution in [-0.4, -0.2) is 21.5 Å². The van der Waals surface area contributed by atoms with Gasteiger partial charge in [0, 0.05) is 23.4 Å². The standard InChI is InChI=1S/C15H22N2O4/c1-14(2,3)9-15(4,5)16-12-7-6-10(17(20)21)8-11(12)13(18)19/h6-8,16H,9H2,1-5H3,(H,18,19). The summed E-state index contributed by atoms with van der Waals surface area (Å²) in [5, 5.41) is 23.2. The summed E-state index contributed by atoms with van der Waals surface area (Å²) in [6.07, 6.45) is 0.816. The molecule has 6 heteroatoms. The van der Waals surface area contributed by atoms with E-state index in [1.807, 2.05) is 13.8 Å². The zero-order valence-corrected chi connectivity index (χ0v) is 13.1. The Morgan fingerprint density at radius 2 is 1.86 bits per heavy atom. The zero-order chi connectivity index (χ0) is 16.4. The number of nitrogens with one attached hydrogen (secondary N) is 1. The number of carbonyl (C=O) groups is 1. The number of nitro benzene ring substituents is 1. The molecular formula is C15H22N2O4. The van der Waals surface area contributed by atoms with E-state index < -0.39 is 10.9 Å². The number of aromatic carboxylic acids is 1. The van der Waals surface area contributed by atoms with Crippen LogP contribution in [0.25, 0.3) is 0 Å². The summed E-state index contributed by atoms with van der Waals surface area (Å²) in [6.45, 7) is 10.3. The molecule has 1 aromatic carbocycles. The molecule has 116 valence electrons.